The van der Waals surface area contributed by atoms with Crippen LogP contribution < -0.4 is 5.56 Å². The van der Waals surface area contributed by atoms with Crippen molar-refractivity contribution in [2.75, 3.05) is 6.61 Å². The van der Waals surface area contributed by atoms with Crippen LogP contribution in [0.3, 0.4) is 0 Å². The van der Waals surface area contributed by atoms with Crippen LogP contribution in [0.1, 0.15) is 45.9 Å². The molecule has 1 N–H and O–H groups in total. The van der Waals surface area contributed by atoms with E-state index in [1.54, 1.807) is 36.9 Å². The smallest absolute Gasteiger partial charge is 0.348 e. The molecule has 0 saturated carbocycles. The number of rotatable bonds is 5. The fraction of sp³-hybridized carbons (Fsp3) is 0.375. The number of aryl methyl sites for hydroxylation is 2. The van der Waals surface area contributed by atoms with Crippen molar-refractivity contribution >= 4 is 50.6 Å². The zero-order chi connectivity index (χ0) is 18.1. The van der Waals surface area contributed by atoms with E-state index in [2.05, 4.69) is 15.0 Å². The summed E-state index contributed by atoms with van der Waals surface area (Å²) in [6, 6.07) is 0. The lowest BCUT2D eigenvalue weighted by molar-refractivity contribution is 0.0531. The highest BCUT2D eigenvalue weighted by Crippen LogP contribution is 2.36. The number of thiazole rings is 1. The zero-order valence-corrected chi connectivity index (χ0v) is 16.7. The first-order valence-corrected chi connectivity index (χ1v) is 10.3. The summed E-state index contributed by atoms with van der Waals surface area (Å²) in [6.45, 7) is 7.71. The topological polar surface area (TPSA) is 84.9 Å². The van der Waals surface area contributed by atoms with E-state index >= 15 is 0 Å². The van der Waals surface area contributed by atoms with Crippen molar-refractivity contribution in [2.45, 2.75) is 37.3 Å². The minimum atomic E-state index is -0.412. The van der Waals surface area contributed by atoms with Gasteiger partial charge < -0.3 is 9.72 Å². The van der Waals surface area contributed by atoms with Crippen LogP contribution in [0.5, 0.6) is 0 Å². The normalized spacial score (nSPS) is 12.5. The molecule has 0 bridgehead atoms. The molecule has 1 atom stereocenters. The van der Waals surface area contributed by atoms with E-state index in [0.717, 1.165) is 10.0 Å². The third kappa shape index (κ3) is 3.63. The minimum absolute atomic E-state index is 0.0592. The number of H-pyrrole nitrogens is 1. The second kappa shape index (κ2) is 7.27. The summed E-state index contributed by atoms with van der Waals surface area (Å²) < 4.78 is 5.99. The second-order valence-electron chi connectivity index (χ2n) is 5.42. The largest absolute Gasteiger partial charge is 0.462 e. The summed E-state index contributed by atoms with van der Waals surface area (Å²) in [5.74, 6) is 0.164. The van der Waals surface area contributed by atoms with Gasteiger partial charge in [0.15, 0.2) is 4.34 Å². The SMILES string of the molecule is CCOC(=O)c1sc2nc(C(C)Sc3nc(C)cs3)[nH]c(=O)c2c1C. The highest BCUT2D eigenvalue weighted by Gasteiger charge is 2.21. The third-order valence-electron chi connectivity index (χ3n) is 3.54. The number of ether oxygens (including phenoxy) is 1. The lowest BCUT2D eigenvalue weighted by Gasteiger charge is -2.08. The van der Waals surface area contributed by atoms with E-state index in [9.17, 15) is 9.59 Å². The number of hydrogen-bond acceptors (Lipinski definition) is 8. The van der Waals surface area contributed by atoms with E-state index in [0.29, 0.717) is 33.1 Å². The molecule has 0 fully saturated rings. The van der Waals surface area contributed by atoms with Gasteiger partial charge in [-0.25, -0.2) is 14.8 Å². The van der Waals surface area contributed by atoms with E-state index in [1.807, 2.05) is 19.2 Å². The van der Waals surface area contributed by atoms with Gasteiger partial charge in [-0.05, 0) is 33.3 Å². The number of hydrogen-bond donors (Lipinski definition) is 1. The number of aromatic nitrogens is 3. The summed E-state index contributed by atoms with van der Waals surface area (Å²) in [5, 5.41) is 2.39. The van der Waals surface area contributed by atoms with Crippen LogP contribution in [0, 0.1) is 13.8 Å². The highest BCUT2D eigenvalue weighted by molar-refractivity contribution is 8.01. The van der Waals surface area contributed by atoms with Crippen molar-refractivity contribution in [1.82, 2.24) is 15.0 Å². The summed E-state index contributed by atoms with van der Waals surface area (Å²) >= 11 is 4.32. The van der Waals surface area contributed by atoms with Crippen LogP contribution in [0.2, 0.25) is 0 Å². The highest BCUT2D eigenvalue weighted by atomic mass is 32.2. The molecule has 3 rings (SSSR count). The number of thioether (sulfide) groups is 1. The molecule has 0 spiro atoms. The van der Waals surface area contributed by atoms with Gasteiger partial charge in [-0.1, -0.05) is 11.8 Å². The maximum absolute atomic E-state index is 12.5. The van der Waals surface area contributed by atoms with Crippen LogP contribution in [0.25, 0.3) is 10.2 Å². The lowest BCUT2D eigenvalue weighted by Crippen LogP contribution is -2.12. The molecule has 9 heteroatoms. The predicted octanol–water partition coefficient (Wildman–Crippen LogP) is 4.09. The van der Waals surface area contributed by atoms with Gasteiger partial charge in [-0.2, -0.15) is 0 Å². The maximum atomic E-state index is 12.5. The summed E-state index contributed by atoms with van der Waals surface area (Å²) in [7, 11) is 0. The molecule has 6 nitrogen and oxygen atoms in total. The summed E-state index contributed by atoms with van der Waals surface area (Å²) in [4.78, 5) is 37.4. The van der Waals surface area contributed by atoms with Crippen LogP contribution in [-0.2, 0) is 4.74 Å². The number of nitrogens with one attached hydrogen (secondary N) is 1. The van der Waals surface area contributed by atoms with Crippen molar-refractivity contribution in [3.8, 4) is 0 Å². The molecule has 132 valence electrons. The second-order valence-corrected chi connectivity index (χ2v) is 8.87. The van der Waals surface area contributed by atoms with Gasteiger partial charge in [0.1, 0.15) is 15.5 Å². The fourth-order valence-electron chi connectivity index (χ4n) is 2.34. The lowest BCUT2D eigenvalue weighted by atomic mass is 10.2. The first-order valence-electron chi connectivity index (χ1n) is 7.70. The molecule has 0 amide bonds. The van der Waals surface area contributed by atoms with E-state index < -0.39 is 5.97 Å². The van der Waals surface area contributed by atoms with Gasteiger partial charge in [0.25, 0.3) is 5.56 Å². The molecule has 25 heavy (non-hydrogen) atoms. The molecular formula is C16H17N3O3S3. The van der Waals surface area contributed by atoms with Crippen molar-refractivity contribution < 1.29 is 9.53 Å². The third-order valence-corrected chi connectivity index (χ3v) is 6.90. The summed E-state index contributed by atoms with van der Waals surface area (Å²) in [6.07, 6.45) is 0. The van der Waals surface area contributed by atoms with Gasteiger partial charge in [0, 0.05) is 11.1 Å². The van der Waals surface area contributed by atoms with Crippen LogP contribution >= 0.6 is 34.4 Å². The molecule has 0 saturated heterocycles. The van der Waals surface area contributed by atoms with Crippen molar-refractivity contribution in [3.05, 3.63) is 37.7 Å². The van der Waals surface area contributed by atoms with Crippen LogP contribution in [0.4, 0.5) is 0 Å². The van der Waals surface area contributed by atoms with Crippen LogP contribution in [-0.4, -0.2) is 27.5 Å². The Kier molecular flexibility index (Phi) is 5.26. The average molecular weight is 396 g/mol. The van der Waals surface area contributed by atoms with Crippen LogP contribution in [0.15, 0.2) is 14.5 Å². The van der Waals surface area contributed by atoms with E-state index in [4.69, 9.17) is 4.74 Å². The van der Waals surface area contributed by atoms with Gasteiger partial charge >= 0.3 is 5.97 Å². The molecule has 0 aliphatic carbocycles. The first-order chi connectivity index (χ1) is 11.9. The molecule has 3 aromatic heterocycles. The fourth-order valence-corrected chi connectivity index (χ4v) is 5.46. The Morgan fingerprint density at radius 3 is 2.80 bits per heavy atom. The Morgan fingerprint density at radius 2 is 2.16 bits per heavy atom. The van der Waals surface area contributed by atoms with E-state index in [1.165, 1.54) is 11.3 Å². The molecule has 0 aliphatic heterocycles. The van der Waals surface area contributed by atoms with E-state index in [-0.39, 0.29) is 10.8 Å². The molecule has 1 unspecified atom stereocenters. The number of aromatic amines is 1. The average Bonchev–Trinajstić information content (AvgIpc) is 3.11. The van der Waals surface area contributed by atoms with Gasteiger partial charge in [-0.3, -0.25) is 4.79 Å². The summed E-state index contributed by atoms with van der Waals surface area (Å²) in [5.41, 5.74) is 1.37. The van der Waals surface area contributed by atoms with Gasteiger partial charge in [0.05, 0.1) is 17.2 Å². The number of esters is 1. The quantitative estimate of drug-likeness (QED) is 0.517. The zero-order valence-electron chi connectivity index (χ0n) is 14.2. The monoisotopic (exact) mass is 395 g/mol. The van der Waals surface area contributed by atoms with Crippen molar-refractivity contribution in [1.29, 1.82) is 0 Å². The van der Waals surface area contributed by atoms with Crippen molar-refractivity contribution in [2.24, 2.45) is 0 Å². The molecule has 0 radical (unpaired) electrons. The Hall–Kier alpha value is -1.71. The Balaban J connectivity index is 1.98. The number of fused-ring (bicyclic) bond motifs is 1. The predicted molar refractivity (Wildman–Crippen MR) is 102 cm³/mol. The Bertz CT molecular complexity index is 990. The minimum Gasteiger partial charge on any atom is -0.462 e. The molecular weight excluding hydrogens is 378 g/mol. The number of thiophene rings is 1. The molecule has 0 aromatic carbocycles. The number of nitrogens with zero attached hydrogens (tertiary/aromatic N) is 2. The standard InChI is InChI=1S/C16H17N3O3S3/c1-5-22-15(21)11-8(3)10-13(20)18-12(19-14(10)25-11)9(4)24-16-17-7(2)6-23-16/h6,9H,5H2,1-4H3,(H,18,19,20). The maximum Gasteiger partial charge on any atom is 0.348 e. The number of carbonyl (C=O) groups excluding carboxylic acids is 1. The first kappa shape index (κ1) is 18.1. The molecule has 3 aromatic rings. The number of carbonyl (C=O) groups is 1. The Morgan fingerprint density at radius 1 is 1.40 bits per heavy atom. The van der Waals surface area contributed by atoms with Gasteiger partial charge in [-0.15, -0.1) is 22.7 Å². The van der Waals surface area contributed by atoms with Gasteiger partial charge in [0.2, 0.25) is 0 Å². The Labute approximate surface area is 156 Å². The van der Waals surface area contributed by atoms with Crippen molar-refractivity contribution in [3.63, 3.8) is 0 Å². The molecule has 0 aliphatic rings. The molecule has 3 heterocycles.